The third-order valence-corrected chi connectivity index (χ3v) is 7.22. The molecule has 2 N–H and O–H groups in total. The maximum absolute atomic E-state index is 6.16. The summed E-state index contributed by atoms with van der Waals surface area (Å²) in [4.78, 5) is 4.41. The molecule has 170 valence electrons. The summed E-state index contributed by atoms with van der Waals surface area (Å²) in [6, 6.07) is 6.38. The van der Waals surface area contributed by atoms with Crippen LogP contribution in [-0.2, 0) is 16.0 Å². The number of guanidine groups is 1. The average molecular weight is 550 g/mol. The predicted octanol–water partition coefficient (Wildman–Crippen LogP) is 3.61. The molecule has 0 saturated carbocycles. The molecular formula is C22H36IN3O3S. The molecule has 0 bridgehead atoms. The first kappa shape index (κ1) is 25.5. The van der Waals surface area contributed by atoms with Gasteiger partial charge in [0.1, 0.15) is 5.75 Å². The largest absolute Gasteiger partial charge is 0.493 e. The number of halogens is 1. The van der Waals surface area contributed by atoms with Crippen LogP contribution in [0.3, 0.4) is 0 Å². The molecule has 2 aliphatic rings. The number of nitrogens with one attached hydrogen (secondary N) is 2. The van der Waals surface area contributed by atoms with Crippen LogP contribution in [0.15, 0.2) is 23.2 Å². The van der Waals surface area contributed by atoms with Gasteiger partial charge in [-0.05, 0) is 44.1 Å². The van der Waals surface area contributed by atoms with E-state index in [1.807, 2.05) is 18.8 Å². The number of rotatable bonds is 8. The molecule has 1 aromatic carbocycles. The third kappa shape index (κ3) is 7.46. The molecule has 0 aliphatic carbocycles. The molecule has 1 atom stereocenters. The van der Waals surface area contributed by atoms with Crippen molar-refractivity contribution in [2.45, 2.75) is 37.5 Å². The third-order valence-electron chi connectivity index (χ3n) is 5.81. The number of aliphatic imine (C=N–C) groups is 1. The summed E-state index contributed by atoms with van der Waals surface area (Å²) >= 11 is 1.93. The Kier molecular flexibility index (Phi) is 11.1. The highest BCUT2D eigenvalue weighted by Gasteiger charge is 2.31. The van der Waals surface area contributed by atoms with Gasteiger partial charge in [-0.3, -0.25) is 4.99 Å². The molecule has 0 radical (unpaired) electrons. The van der Waals surface area contributed by atoms with Gasteiger partial charge in [0.05, 0.1) is 13.2 Å². The van der Waals surface area contributed by atoms with Gasteiger partial charge < -0.3 is 24.8 Å². The van der Waals surface area contributed by atoms with E-state index in [-0.39, 0.29) is 28.7 Å². The van der Waals surface area contributed by atoms with Crippen LogP contribution in [0.1, 0.15) is 30.4 Å². The van der Waals surface area contributed by atoms with Crippen molar-refractivity contribution >= 4 is 41.7 Å². The normalized spacial score (nSPS) is 21.0. The second kappa shape index (κ2) is 13.0. The highest BCUT2D eigenvalue weighted by Crippen LogP contribution is 2.33. The van der Waals surface area contributed by atoms with Crippen LogP contribution < -0.4 is 15.4 Å². The van der Waals surface area contributed by atoms with Gasteiger partial charge in [-0.1, -0.05) is 12.1 Å². The summed E-state index contributed by atoms with van der Waals surface area (Å²) < 4.78 is 17.4. The zero-order valence-electron chi connectivity index (χ0n) is 18.4. The van der Waals surface area contributed by atoms with E-state index in [9.17, 15) is 0 Å². The second-order valence-electron chi connectivity index (χ2n) is 7.93. The first-order valence-electron chi connectivity index (χ1n) is 10.5. The molecule has 30 heavy (non-hydrogen) atoms. The summed E-state index contributed by atoms with van der Waals surface area (Å²) in [5, 5.41) is 6.96. The number of thioether (sulfide) groups is 1. The maximum atomic E-state index is 6.16. The molecule has 1 unspecified atom stereocenters. The topological polar surface area (TPSA) is 64.1 Å². The van der Waals surface area contributed by atoms with Crippen molar-refractivity contribution < 1.29 is 14.2 Å². The Bertz CT molecular complexity index is 678. The number of hydrogen-bond donors (Lipinski definition) is 2. The van der Waals surface area contributed by atoms with E-state index in [0.717, 1.165) is 69.5 Å². The Labute approximate surface area is 202 Å². The maximum Gasteiger partial charge on any atom is 0.191 e. The monoisotopic (exact) mass is 549 g/mol. The van der Waals surface area contributed by atoms with Gasteiger partial charge in [-0.25, -0.2) is 0 Å². The molecule has 0 aromatic heterocycles. The van der Waals surface area contributed by atoms with Gasteiger partial charge in [0.15, 0.2) is 5.96 Å². The van der Waals surface area contributed by atoms with Crippen molar-refractivity contribution in [3.63, 3.8) is 0 Å². The molecule has 6 nitrogen and oxygen atoms in total. The van der Waals surface area contributed by atoms with Gasteiger partial charge in [0.2, 0.25) is 0 Å². The zero-order chi connectivity index (χ0) is 20.5. The lowest BCUT2D eigenvalue weighted by Crippen LogP contribution is -2.47. The first-order valence-corrected chi connectivity index (χ1v) is 11.7. The molecule has 3 rings (SSSR count). The Balaban J connectivity index is 0.00000320. The molecule has 0 spiro atoms. The smallest absolute Gasteiger partial charge is 0.191 e. The molecule has 2 saturated heterocycles. The fourth-order valence-electron chi connectivity index (χ4n) is 3.71. The lowest BCUT2D eigenvalue weighted by atomic mass is 9.99. The van der Waals surface area contributed by atoms with E-state index in [0.29, 0.717) is 19.1 Å². The highest BCUT2D eigenvalue weighted by atomic mass is 127. The summed E-state index contributed by atoms with van der Waals surface area (Å²) in [5.74, 6) is 2.26. The van der Waals surface area contributed by atoms with E-state index in [2.05, 4.69) is 47.0 Å². The minimum absolute atomic E-state index is 0. The number of hydrogen-bond acceptors (Lipinski definition) is 5. The van der Waals surface area contributed by atoms with Crippen LogP contribution >= 0.6 is 35.7 Å². The number of aryl methyl sites for hydroxylation is 1. The van der Waals surface area contributed by atoms with Crippen molar-refractivity contribution in [2.24, 2.45) is 10.9 Å². The van der Waals surface area contributed by atoms with Crippen molar-refractivity contribution in [2.75, 3.05) is 52.9 Å². The van der Waals surface area contributed by atoms with E-state index in [1.165, 1.54) is 5.56 Å². The molecule has 0 amide bonds. The van der Waals surface area contributed by atoms with Crippen LogP contribution in [-0.4, -0.2) is 63.6 Å². The van der Waals surface area contributed by atoms with E-state index in [1.54, 1.807) is 0 Å². The van der Waals surface area contributed by atoms with Crippen LogP contribution in [0.2, 0.25) is 0 Å². The van der Waals surface area contributed by atoms with Gasteiger partial charge in [0.25, 0.3) is 0 Å². The van der Waals surface area contributed by atoms with E-state index < -0.39 is 0 Å². The van der Waals surface area contributed by atoms with E-state index >= 15 is 0 Å². The Morgan fingerprint density at radius 3 is 2.70 bits per heavy atom. The first-order chi connectivity index (χ1) is 14.1. The van der Waals surface area contributed by atoms with E-state index in [4.69, 9.17) is 14.2 Å². The summed E-state index contributed by atoms with van der Waals surface area (Å²) in [7, 11) is 1.82. The fraction of sp³-hybridized carbons (Fsp3) is 0.682. The summed E-state index contributed by atoms with van der Waals surface area (Å²) in [5.41, 5.74) is 2.35. The Morgan fingerprint density at radius 1 is 1.23 bits per heavy atom. The molecule has 2 heterocycles. The van der Waals surface area contributed by atoms with Crippen molar-refractivity contribution in [3.8, 4) is 5.75 Å². The minimum Gasteiger partial charge on any atom is -0.493 e. The molecule has 8 heteroatoms. The summed E-state index contributed by atoms with van der Waals surface area (Å²) in [6.07, 6.45) is 5.41. The van der Waals surface area contributed by atoms with Gasteiger partial charge >= 0.3 is 0 Å². The SMILES string of the molecule is CN=C(NCc1ccc(C)cc1OCC1CCOC1)NCC1(SC)CCOCC1.I. The van der Waals surface area contributed by atoms with Gasteiger partial charge in [0, 0.05) is 56.2 Å². The van der Waals surface area contributed by atoms with Crippen molar-refractivity contribution in [1.29, 1.82) is 0 Å². The fourth-order valence-corrected chi connectivity index (χ4v) is 4.50. The lowest BCUT2D eigenvalue weighted by molar-refractivity contribution is 0.0783. The zero-order valence-corrected chi connectivity index (χ0v) is 21.5. The predicted molar refractivity (Wildman–Crippen MR) is 136 cm³/mol. The summed E-state index contributed by atoms with van der Waals surface area (Å²) in [6.45, 7) is 7.69. The van der Waals surface area contributed by atoms with Crippen molar-refractivity contribution in [1.82, 2.24) is 10.6 Å². The highest BCUT2D eigenvalue weighted by molar-refractivity contribution is 14.0. The standard InChI is InChI=1S/C22H35N3O3S.HI/c1-17-4-5-19(20(12-17)28-15-18-6-9-27-14-18)13-24-21(23-2)25-16-22(29-3)7-10-26-11-8-22;/h4-5,12,18H,6-11,13-16H2,1-3H3,(H2,23,24,25);1H. The minimum atomic E-state index is 0. The molecule has 2 fully saturated rings. The van der Waals surface area contributed by atoms with Crippen LogP contribution in [0.4, 0.5) is 0 Å². The Hall–Kier alpha value is -0.710. The Morgan fingerprint density at radius 2 is 2.03 bits per heavy atom. The lowest BCUT2D eigenvalue weighted by Gasteiger charge is -2.36. The van der Waals surface area contributed by atoms with Crippen LogP contribution in [0.5, 0.6) is 5.75 Å². The van der Waals surface area contributed by atoms with Crippen LogP contribution in [0, 0.1) is 12.8 Å². The van der Waals surface area contributed by atoms with Crippen molar-refractivity contribution in [3.05, 3.63) is 29.3 Å². The molecule has 1 aromatic rings. The quantitative estimate of drug-likeness (QED) is 0.294. The molecule has 2 aliphatic heterocycles. The number of nitrogens with zero attached hydrogens (tertiary/aromatic N) is 1. The van der Waals surface area contributed by atoms with Crippen LogP contribution in [0.25, 0.3) is 0 Å². The number of benzene rings is 1. The van der Waals surface area contributed by atoms with Gasteiger partial charge in [-0.15, -0.1) is 24.0 Å². The van der Waals surface area contributed by atoms with Gasteiger partial charge in [-0.2, -0.15) is 11.8 Å². The number of ether oxygens (including phenoxy) is 3. The molecular weight excluding hydrogens is 513 g/mol. The average Bonchev–Trinajstić information content (AvgIpc) is 3.28. The second-order valence-corrected chi connectivity index (χ2v) is 9.20.